The summed E-state index contributed by atoms with van der Waals surface area (Å²) in [7, 11) is 3.09. The summed E-state index contributed by atoms with van der Waals surface area (Å²) in [5, 5.41) is 0. The van der Waals surface area contributed by atoms with Crippen molar-refractivity contribution in [1.29, 1.82) is 0 Å². The highest BCUT2D eigenvalue weighted by molar-refractivity contribution is 6.26. The molecule has 0 heterocycles. The van der Waals surface area contributed by atoms with Crippen LogP contribution in [-0.2, 0) is 0 Å². The zero-order valence-electron chi connectivity index (χ0n) is 16.3. The van der Waals surface area contributed by atoms with Gasteiger partial charge in [0.1, 0.15) is 23.9 Å². The number of methoxy groups -OCH3 is 2. The lowest BCUT2D eigenvalue weighted by Gasteiger charge is -2.19. The van der Waals surface area contributed by atoms with E-state index in [0.29, 0.717) is 46.2 Å². The molecule has 3 rings (SSSR count). The summed E-state index contributed by atoms with van der Waals surface area (Å²) < 4.78 is 16.9. The summed E-state index contributed by atoms with van der Waals surface area (Å²) in [5.41, 5.74) is 8.94. The molecule has 2 N–H and O–H groups in total. The molecule has 0 unspecified atom stereocenters. The van der Waals surface area contributed by atoms with Crippen LogP contribution in [0, 0.1) is 0 Å². The van der Waals surface area contributed by atoms with Crippen LogP contribution in [-0.4, -0.2) is 51.1 Å². The van der Waals surface area contributed by atoms with Crippen LogP contribution in [0.1, 0.15) is 29.8 Å². The number of benzene rings is 2. The molecule has 0 aliphatic heterocycles. The topological polar surface area (TPSA) is 74.0 Å². The molecule has 2 aromatic rings. The summed E-state index contributed by atoms with van der Waals surface area (Å²) >= 11 is 0. The lowest BCUT2D eigenvalue weighted by Crippen LogP contribution is -2.28. The highest BCUT2D eigenvalue weighted by Gasteiger charge is 2.35. The van der Waals surface area contributed by atoms with E-state index >= 15 is 0 Å². The van der Waals surface area contributed by atoms with Crippen LogP contribution in [0.15, 0.2) is 24.3 Å². The third kappa shape index (κ3) is 3.21. The quantitative estimate of drug-likeness (QED) is 0.614. The number of nitrogen functional groups attached to an aromatic ring is 1. The van der Waals surface area contributed by atoms with Crippen molar-refractivity contribution in [1.82, 2.24) is 4.90 Å². The van der Waals surface area contributed by atoms with Gasteiger partial charge in [-0.2, -0.15) is 0 Å². The van der Waals surface area contributed by atoms with E-state index in [1.54, 1.807) is 19.2 Å². The fourth-order valence-corrected chi connectivity index (χ4v) is 3.52. The zero-order valence-corrected chi connectivity index (χ0v) is 16.3. The van der Waals surface area contributed by atoms with Crippen LogP contribution >= 0.6 is 0 Å². The molecule has 2 aromatic carbocycles. The molecule has 0 bridgehead atoms. The van der Waals surface area contributed by atoms with Gasteiger partial charge in [0.15, 0.2) is 5.78 Å². The number of nitrogens with zero attached hydrogens (tertiary/aromatic N) is 1. The molecule has 6 nitrogen and oxygen atoms in total. The molecule has 1 aliphatic rings. The number of carbonyl (C=O) groups excluding carboxylic acids is 1. The van der Waals surface area contributed by atoms with E-state index in [9.17, 15) is 4.79 Å². The molecule has 0 fully saturated rings. The van der Waals surface area contributed by atoms with Crippen molar-refractivity contribution in [2.24, 2.45) is 0 Å². The summed E-state index contributed by atoms with van der Waals surface area (Å²) in [5.74, 6) is 1.50. The maximum absolute atomic E-state index is 13.0. The van der Waals surface area contributed by atoms with E-state index in [4.69, 9.17) is 19.9 Å². The Kier molecular flexibility index (Phi) is 5.56. The van der Waals surface area contributed by atoms with Crippen molar-refractivity contribution in [2.75, 3.05) is 46.2 Å². The zero-order chi connectivity index (χ0) is 19.6. The normalized spacial score (nSPS) is 12.1. The molecule has 0 aromatic heterocycles. The number of hydrogen-bond donors (Lipinski definition) is 1. The predicted octanol–water partition coefficient (Wildman–Crippen LogP) is 3.22. The Balaban J connectivity index is 2.05. The second-order valence-electron chi connectivity index (χ2n) is 6.33. The SMILES string of the molecule is CCN(CC)CCOc1cccc2c1-c1c(OC)cc(OC)c(N)c1C2=O. The molecule has 0 spiro atoms. The van der Waals surface area contributed by atoms with Crippen LogP contribution < -0.4 is 19.9 Å². The lowest BCUT2D eigenvalue weighted by molar-refractivity contribution is 0.104. The minimum atomic E-state index is -0.135. The van der Waals surface area contributed by atoms with Gasteiger partial charge in [0.05, 0.1) is 25.5 Å². The van der Waals surface area contributed by atoms with Crippen molar-refractivity contribution in [3.05, 3.63) is 35.4 Å². The van der Waals surface area contributed by atoms with E-state index in [1.165, 1.54) is 7.11 Å². The number of rotatable bonds is 8. The number of ether oxygens (including phenoxy) is 3. The first-order chi connectivity index (χ1) is 13.1. The number of likely N-dealkylation sites (N-methyl/N-ethyl adjacent to an activating group) is 1. The molecule has 1 aliphatic carbocycles. The summed E-state index contributed by atoms with van der Waals surface area (Å²) in [4.78, 5) is 15.3. The van der Waals surface area contributed by atoms with E-state index < -0.39 is 0 Å². The van der Waals surface area contributed by atoms with Crippen LogP contribution in [0.25, 0.3) is 11.1 Å². The van der Waals surface area contributed by atoms with Gasteiger partial charge < -0.3 is 24.8 Å². The summed E-state index contributed by atoms with van der Waals surface area (Å²) in [6.07, 6.45) is 0. The number of nitrogens with two attached hydrogens (primary N) is 1. The highest BCUT2D eigenvalue weighted by Crippen LogP contribution is 2.51. The van der Waals surface area contributed by atoms with Gasteiger partial charge in [-0.1, -0.05) is 26.0 Å². The monoisotopic (exact) mass is 370 g/mol. The molecule has 0 saturated carbocycles. The van der Waals surface area contributed by atoms with Crippen molar-refractivity contribution in [3.8, 4) is 28.4 Å². The van der Waals surface area contributed by atoms with Gasteiger partial charge in [0, 0.05) is 29.3 Å². The first kappa shape index (κ1) is 19.0. The molecular formula is C21H26N2O4. The molecular weight excluding hydrogens is 344 g/mol. The first-order valence-electron chi connectivity index (χ1n) is 9.14. The minimum Gasteiger partial charge on any atom is -0.496 e. The Labute approximate surface area is 159 Å². The molecule has 0 saturated heterocycles. The van der Waals surface area contributed by atoms with Gasteiger partial charge >= 0.3 is 0 Å². The maximum Gasteiger partial charge on any atom is 0.196 e. The van der Waals surface area contributed by atoms with Gasteiger partial charge in [0.2, 0.25) is 0 Å². The summed E-state index contributed by atoms with van der Waals surface area (Å²) in [6, 6.07) is 7.21. The van der Waals surface area contributed by atoms with Crippen molar-refractivity contribution >= 4 is 11.5 Å². The smallest absolute Gasteiger partial charge is 0.196 e. The fraction of sp³-hybridized carbons (Fsp3) is 0.381. The van der Waals surface area contributed by atoms with Crippen molar-refractivity contribution < 1.29 is 19.0 Å². The third-order valence-corrected chi connectivity index (χ3v) is 5.04. The predicted molar refractivity (Wildman–Crippen MR) is 106 cm³/mol. The van der Waals surface area contributed by atoms with E-state index in [-0.39, 0.29) is 5.78 Å². The Morgan fingerprint density at radius 3 is 2.30 bits per heavy atom. The van der Waals surface area contributed by atoms with Crippen LogP contribution in [0.5, 0.6) is 17.2 Å². The minimum absolute atomic E-state index is 0.135. The lowest BCUT2D eigenvalue weighted by atomic mass is 10.0. The number of anilines is 1. The fourth-order valence-electron chi connectivity index (χ4n) is 3.52. The molecule has 144 valence electrons. The largest absolute Gasteiger partial charge is 0.496 e. The first-order valence-corrected chi connectivity index (χ1v) is 9.14. The Morgan fingerprint density at radius 1 is 0.963 bits per heavy atom. The maximum atomic E-state index is 13.0. The molecule has 6 heteroatoms. The van der Waals surface area contributed by atoms with Gasteiger partial charge in [-0.15, -0.1) is 0 Å². The summed E-state index contributed by atoms with van der Waals surface area (Å²) in [6.45, 7) is 7.55. The Morgan fingerprint density at radius 2 is 1.67 bits per heavy atom. The highest BCUT2D eigenvalue weighted by atomic mass is 16.5. The van der Waals surface area contributed by atoms with Crippen molar-refractivity contribution in [3.63, 3.8) is 0 Å². The second kappa shape index (κ2) is 7.88. The van der Waals surface area contributed by atoms with Gasteiger partial charge in [-0.25, -0.2) is 0 Å². The van der Waals surface area contributed by atoms with Crippen LogP contribution in [0.4, 0.5) is 5.69 Å². The Hall–Kier alpha value is -2.73. The number of ketones is 1. The Bertz CT molecular complexity index is 860. The average molecular weight is 370 g/mol. The molecule has 0 atom stereocenters. The van der Waals surface area contributed by atoms with Crippen LogP contribution in [0.2, 0.25) is 0 Å². The number of carbonyl (C=O) groups is 1. The van der Waals surface area contributed by atoms with Gasteiger partial charge in [0.25, 0.3) is 0 Å². The van der Waals surface area contributed by atoms with E-state index in [0.717, 1.165) is 25.2 Å². The standard InChI is InChI=1S/C21H26N2O4/c1-5-23(6-2)10-11-27-14-9-7-8-13-17(14)18-15(25-3)12-16(26-4)20(22)19(18)21(13)24/h7-9,12H,5-6,10-11,22H2,1-4H3. The molecule has 0 amide bonds. The average Bonchev–Trinajstić information content (AvgIpc) is 3.00. The van der Waals surface area contributed by atoms with Crippen molar-refractivity contribution in [2.45, 2.75) is 13.8 Å². The number of hydrogen-bond acceptors (Lipinski definition) is 6. The second-order valence-corrected chi connectivity index (χ2v) is 6.33. The number of fused-ring (bicyclic) bond motifs is 3. The van der Waals surface area contributed by atoms with Crippen LogP contribution in [0.3, 0.4) is 0 Å². The van der Waals surface area contributed by atoms with E-state index in [2.05, 4.69) is 18.7 Å². The molecule has 27 heavy (non-hydrogen) atoms. The van der Waals surface area contributed by atoms with Gasteiger partial charge in [-0.3, -0.25) is 4.79 Å². The van der Waals surface area contributed by atoms with Gasteiger partial charge in [-0.05, 0) is 19.2 Å². The third-order valence-electron chi connectivity index (χ3n) is 5.04. The van der Waals surface area contributed by atoms with E-state index in [1.807, 2.05) is 12.1 Å². The molecule has 0 radical (unpaired) electrons.